The van der Waals surface area contributed by atoms with Crippen LogP contribution in [0.15, 0.2) is 24.3 Å². The number of hydrogen-bond donors (Lipinski definition) is 2. The molecule has 122 valence electrons. The van der Waals surface area contributed by atoms with Crippen molar-refractivity contribution in [2.24, 2.45) is 5.92 Å². The minimum Gasteiger partial charge on any atom is -0.497 e. The largest absolute Gasteiger partial charge is 0.497 e. The van der Waals surface area contributed by atoms with Gasteiger partial charge in [-0.25, -0.2) is 4.79 Å². The zero-order chi connectivity index (χ0) is 16.2. The molecule has 1 aliphatic rings. The van der Waals surface area contributed by atoms with Crippen molar-refractivity contribution in [2.45, 2.75) is 25.7 Å². The molecule has 2 amide bonds. The quantitative estimate of drug-likeness (QED) is 0.874. The standard InChI is InChI=1S/C17H26N2O3/c1-17(2,14-4-6-15(22-3)7-5-14)12-18-16(21)19-9-8-13(10-19)11-20/h4-7,13,20H,8-12H2,1-3H3,(H,18,21). The lowest BCUT2D eigenvalue weighted by Gasteiger charge is -2.27. The summed E-state index contributed by atoms with van der Waals surface area (Å²) in [5.74, 6) is 1.05. The predicted molar refractivity (Wildman–Crippen MR) is 86.2 cm³/mol. The first-order valence-electron chi connectivity index (χ1n) is 7.74. The van der Waals surface area contributed by atoms with Gasteiger partial charge in [0, 0.05) is 37.6 Å². The molecule has 2 N–H and O–H groups in total. The molecule has 1 aromatic rings. The monoisotopic (exact) mass is 306 g/mol. The third kappa shape index (κ3) is 3.91. The number of amides is 2. The van der Waals surface area contributed by atoms with Crippen molar-refractivity contribution in [1.82, 2.24) is 10.2 Å². The highest BCUT2D eigenvalue weighted by Gasteiger charge is 2.27. The summed E-state index contributed by atoms with van der Waals surface area (Å²) in [4.78, 5) is 14.0. The van der Waals surface area contributed by atoms with Gasteiger partial charge in [0.25, 0.3) is 0 Å². The molecule has 5 nitrogen and oxygen atoms in total. The van der Waals surface area contributed by atoms with E-state index in [9.17, 15) is 4.79 Å². The van der Waals surface area contributed by atoms with Gasteiger partial charge in [-0.05, 0) is 24.1 Å². The predicted octanol–water partition coefficient (Wildman–Crippen LogP) is 2.00. The topological polar surface area (TPSA) is 61.8 Å². The lowest BCUT2D eigenvalue weighted by molar-refractivity contribution is 0.196. The first-order valence-corrected chi connectivity index (χ1v) is 7.74. The van der Waals surface area contributed by atoms with Gasteiger partial charge >= 0.3 is 6.03 Å². The van der Waals surface area contributed by atoms with Crippen LogP contribution in [0.25, 0.3) is 0 Å². The summed E-state index contributed by atoms with van der Waals surface area (Å²) < 4.78 is 5.17. The summed E-state index contributed by atoms with van der Waals surface area (Å²) in [5.41, 5.74) is 1.00. The van der Waals surface area contributed by atoms with Gasteiger partial charge in [-0.3, -0.25) is 0 Å². The van der Waals surface area contributed by atoms with Crippen LogP contribution in [0, 0.1) is 5.92 Å². The SMILES string of the molecule is COc1ccc(C(C)(C)CNC(=O)N2CCC(CO)C2)cc1. The van der Waals surface area contributed by atoms with Crippen LogP contribution < -0.4 is 10.1 Å². The van der Waals surface area contributed by atoms with E-state index >= 15 is 0 Å². The van der Waals surface area contributed by atoms with E-state index in [4.69, 9.17) is 9.84 Å². The van der Waals surface area contributed by atoms with Gasteiger partial charge in [0.1, 0.15) is 5.75 Å². The minimum absolute atomic E-state index is 0.0439. The highest BCUT2D eigenvalue weighted by molar-refractivity contribution is 5.74. The molecule has 1 saturated heterocycles. The van der Waals surface area contributed by atoms with Gasteiger partial charge in [-0.1, -0.05) is 26.0 Å². The number of urea groups is 1. The summed E-state index contributed by atoms with van der Waals surface area (Å²) >= 11 is 0. The fourth-order valence-electron chi connectivity index (χ4n) is 2.72. The van der Waals surface area contributed by atoms with Gasteiger partial charge in [-0.15, -0.1) is 0 Å². The zero-order valence-corrected chi connectivity index (χ0v) is 13.6. The van der Waals surface area contributed by atoms with Crippen LogP contribution >= 0.6 is 0 Å². The number of nitrogens with one attached hydrogen (secondary N) is 1. The van der Waals surface area contributed by atoms with Crippen molar-refractivity contribution < 1.29 is 14.6 Å². The molecular formula is C17H26N2O3. The van der Waals surface area contributed by atoms with Crippen molar-refractivity contribution in [3.63, 3.8) is 0 Å². The van der Waals surface area contributed by atoms with Gasteiger partial charge < -0.3 is 20.1 Å². The third-order valence-electron chi connectivity index (χ3n) is 4.38. The summed E-state index contributed by atoms with van der Waals surface area (Å²) in [6.45, 7) is 6.30. The van der Waals surface area contributed by atoms with Crippen molar-refractivity contribution in [2.75, 3.05) is 33.4 Å². The molecule has 0 spiro atoms. The van der Waals surface area contributed by atoms with E-state index in [2.05, 4.69) is 19.2 Å². The Balaban J connectivity index is 1.90. The Labute approximate surface area is 132 Å². The van der Waals surface area contributed by atoms with Crippen LogP contribution in [0.3, 0.4) is 0 Å². The maximum Gasteiger partial charge on any atom is 0.317 e. The van der Waals surface area contributed by atoms with E-state index in [1.165, 1.54) is 0 Å². The Morgan fingerprint density at radius 3 is 2.64 bits per heavy atom. The van der Waals surface area contributed by atoms with Gasteiger partial charge in [0.05, 0.1) is 7.11 Å². The number of nitrogens with zero attached hydrogens (tertiary/aromatic N) is 1. The molecule has 1 aromatic carbocycles. The van der Waals surface area contributed by atoms with E-state index in [1.807, 2.05) is 24.3 Å². The molecule has 0 radical (unpaired) electrons. The summed E-state index contributed by atoms with van der Waals surface area (Å²) in [7, 11) is 1.65. The van der Waals surface area contributed by atoms with Gasteiger partial charge in [0.2, 0.25) is 0 Å². The van der Waals surface area contributed by atoms with Crippen molar-refractivity contribution in [3.8, 4) is 5.75 Å². The van der Waals surface area contributed by atoms with E-state index in [1.54, 1.807) is 12.0 Å². The lowest BCUT2D eigenvalue weighted by Crippen LogP contribution is -2.44. The number of carbonyl (C=O) groups is 1. The van der Waals surface area contributed by atoms with Crippen LogP contribution in [0.4, 0.5) is 4.79 Å². The average Bonchev–Trinajstić information content (AvgIpc) is 3.02. The lowest BCUT2D eigenvalue weighted by atomic mass is 9.84. The molecule has 0 saturated carbocycles. The average molecular weight is 306 g/mol. The summed E-state index contributed by atoms with van der Waals surface area (Å²) in [6, 6.07) is 7.89. The third-order valence-corrected chi connectivity index (χ3v) is 4.38. The number of aliphatic hydroxyl groups excluding tert-OH is 1. The number of methoxy groups -OCH3 is 1. The Morgan fingerprint density at radius 2 is 2.09 bits per heavy atom. The summed E-state index contributed by atoms with van der Waals surface area (Å²) in [6.07, 6.45) is 0.881. The smallest absolute Gasteiger partial charge is 0.317 e. The number of rotatable bonds is 5. The van der Waals surface area contributed by atoms with E-state index in [-0.39, 0.29) is 24.0 Å². The maximum atomic E-state index is 12.2. The number of likely N-dealkylation sites (tertiary alicyclic amines) is 1. The number of aliphatic hydroxyl groups is 1. The molecule has 0 aromatic heterocycles. The molecule has 1 fully saturated rings. The Hall–Kier alpha value is -1.75. The molecule has 1 aliphatic heterocycles. The van der Waals surface area contributed by atoms with E-state index < -0.39 is 0 Å². The van der Waals surface area contributed by atoms with Crippen molar-refractivity contribution in [1.29, 1.82) is 0 Å². The fourth-order valence-corrected chi connectivity index (χ4v) is 2.72. The Kier molecular flexibility index (Phi) is 5.29. The van der Waals surface area contributed by atoms with Crippen molar-refractivity contribution in [3.05, 3.63) is 29.8 Å². The number of benzene rings is 1. The van der Waals surface area contributed by atoms with Gasteiger partial charge in [-0.2, -0.15) is 0 Å². The molecule has 0 aliphatic carbocycles. The second kappa shape index (κ2) is 7.01. The first-order chi connectivity index (χ1) is 10.5. The first kappa shape index (κ1) is 16.6. The number of carbonyl (C=O) groups excluding carboxylic acids is 1. The van der Waals surface area contributed by atoms with Crippen LogP contribution in [-0.2, 0) is 5.41 Å². The summed E-state index contributed by atoms with van der Waals surface area (Å²) in [5, 5.41) is 12.2. The van der Waals surface area contributed by atoms with Crippen LogP contribution in [0.5, 0.6) is 5.75 Å². The minimum atomic E-state index is -0.155. The van der Waals surface area contributed by atoms with Crippen LogP contribution in [-0.4, -0.2) is 49.4 Å². The van der Waals surface area contributed by atoms with Crippen LogP contribution in [0.1, 0.15) is 25.8 Å². The van der Waals surface area contributed by atoms with Gasteiger partial charge in [0.15, 0.2) is 0 Å². The molecule has 5 heteroatoms. The zero-order valence-electron chi connectivity index (χ0n) is 13.6. The molecular weight excluding hydrogens is 280 g/mol. The highest BCUT2D eigenvalue weighted by Crippen LogP contribution is 2.25. The molecule has 1 atom stereocenters. The maximum absolute atomic E-state index is 12.2. The molecule has 1 heterocycles. The number of ether oxygens (including phenoxy) is 1. The molecule has 1 unspecified atom stereocenters. The molecule has 2 rings (SSSR count). The Bertz CT molecular complexity index is 499. The molecule has 0 bridgehead atoms. The Morgan fingerprint density at radius 1 is 1.41 bits per heavy atom. The second-order valence-corrected chi connectivity index (χ2v) is 6.55. The normalized spacial score (nSPS) is 18.4. The van der Waals surface area contributed by atoms with Crippen molar-refractivity contribution >= 4 is 6.03 Å². The molecule has 22 heavy (non-hydrogen) atoms. The fraction of sp³-hybridized carbons (Fsp3) is 0.588. The second-order valence-electron chi connectivity index (χ2n) is 6.55. The van der Waals surface area contributed by atoms with E-state index in [0.29, 0.717) is 13.1 Å². The number of hydrogen-bond acceptors (Lipinski definition) is 3. The van der Waals surface area contributed by atoms with Crippen LogP contribution in [0.2, 0.25) is 0 Å². The highest BCUT2D eigenvalue weighted by atomic mass is 16.5. The van der Waals surface area contributed by atoms with E-state index in [0.717, 1.165) is 24.3 Å².